The first kappa shape index (κ1) is 17.7. The molecule has 0 spiro atoms. The number of aliphatic hydroxyl groups excluding tert-OH is 1. The summed E-state index contributed by atoms with van der Waals surface area (Å²) in [5, 5.41) is 23.5. The molecule has 0 aromatic heterocycles. The summed E-state index contributed by atoms with van der Waals surface area (Å²) in [6.07, 6.45) is 4.25. The van der Waals surface area contributed by atoms with Crippen molar-refractivity contribution in [1.29, 1.82) is 5.26 Å². The molecule has 1 heterocycles. The Labute approximate surface area is 153 Å². The molecule has 0 fully saturated rings. The predicted octanol–water partition coefficient (Wildman–Crippen LogP) is 4.47. The highest BCUT2D eigenvalue weighted by Gasteiger charge is 2.18. The number of nitriles is 1. The van der Waals surface area contributed by atoms with Gasteiger partial charge in [0.05, 0.1) is 17.7 Å². The van der Waals surface area contributed by atoms with E-state index >= 15 is 0 Å². The number of benzene rings is 2. The normalized spacial score (nSPS) is 18.3. The average molecular weight is 353 g/mol. The van der Waals surface area contributed by atoms with Crippen LogP contribution in [0.5, 0.6) is 0 Å². The number of nitrogens with zero attached hydrogens (tertiary/aromatic N) is 1. The van der Waals surface area contributed by atoms with Crippen LogP contribution < -0.4 is 5.32 Å². The Kier molecular flexibility index (Phi) is 5.88. The SMILES string of the molecule is N#Cc1ccc(C(O)CCC2CC(c3ccc(Cl)cc3)=CCN2)cc1. The van der Waals surface area contributed by atoms with Gasteiger partial charge in [0.15, 0.2) is 0 Å². The van der Waals surface area contributed by atoms with Crippen molar-refractivity contribution in [1.82, 2.24) is 5.32 Å². The minimum absolute atomic E-state index is 0.351. The van der Waals surface area contributed by atoms with Crippen LogP contribution in [0.15, 0.2) is 54.6 Å². The third kappa shape index (κ3) is 4.70. The number of rotatable bonds is 5. The van der Waals surface area contributed by atoms with E-state index in [-0.39, 0.29) is 0 Å². The molecule has 0 saturated carbocycles. The highest BCUT2D eigenvalue weighted by Crippen LogP contribution is 2.27. The van der Waals surface area contributed by atoms with Crippen molar-refractivity contribution >= 4 is 17.2 Å². The van der Waals surface area contributed by atoms with E-state index in [1.807, 2.05) is 24.3 Å². The van der Waals surface area contributed by atoms with Gasteiger partial charge in [0.1, 0.15) is 0 Å². The second kappa shape index (κ2) is 8.31. The van der Waals surface area contributed by atoms with Crippen LogP contribution in [0.25, 0.3) is 5.57 Å². The molecule has 0 radical (unpaired) electrons. The van der Waals surface area contributed by atoms with E-state index in [1.54, 1.807) is 12.1 Å². The van der Waals surface area contributed by atoms with E-state index in [9.17, 15) is 5.11 Å². The lowest BCUT2D eigenvalue weighted by molar-refractivity contribution is 0.159. The van der Waals surface area contributed by atoms with E-state index in [0.29, 0.717) is 18.0 Å². The molecule has 2 aromatic carbocycles. The van der Waals surface area contributed by atoms with E-state index in [4.69, 9.17) is 16.9 Å². The second-order valence-corrected chi connectivity index (χ2v) is 6.81. The molecule has 25 heavy (non-hydrogen) atoms. The van der Waals surface area contributed by atoms with Gasteiger partial charge < -0.3 is 10.4 Å². The van der Waals surface area contributed by atoms with E-state index in [2.05, 4.69) is 29.6 Å². The van der Waals surface area contributed by atoms with E-state index in [1.165, 1.54) is 11.1 Å². The molecular weight excluding hydrogens is 332 g/mol. The molecule has 128 valence electrons. The van der Waals surface area contributed by atoms with Gasteiger partial charge in [-0.2, -0.15) is 5.26 Å². The lowest BCUT2D eigenvalue weighted by Gasteiger charge is -2.25. The van der Waals surface area contributed by atoms with Crippen LogP contribution in [0.2, 0.25) is 5.02 Å². The fraction of sp³-hybridized carbons (Fsp3) is 0.286. The van der Waals surface area contributed by atoms with Crippen LogP contribution >= 0.6 is 11.6 Å². The van der Waals surface area contributed by atoms with E-state index in [0.717, 1.165) is 30.0 Å². The summed E-state index contributed by atoms with van der Waals surface area (Å²) in [5.74, 6) is 0. The van der Waals surface area contributed by atoms with Crippen LogP contribution in [0.4, 0.5) is 0 Å². The zero-order chi connectivity index (χ0) is 17.6. The van der Waals surface area contributed by atoms with Gasteiger partial charge in [-0.15, -0.1) is 0 Å². The van der Waals surface area contributed by atoms with Gasteiger partial charge in [0.25, 0.3) is 0 Å². The average Bonchev–Trinajstić information content (AvgIpc) is 2.67. The number of halogens is 1. The van der Waals surface area contributed by atoms with Gasteiger partial charge in [0.2, 0.25) is 0 Å². The highest BCUT2D eigenvalue weighted by atomic mass is 35.5. The molecule has 3 nitrogen and oxygen atoms in total. The Morgan fingerprint density at radius 3 is 2.56 bits per heavy atom. The monoisotopic (exact) mass is 352 g/mol. The quantitative estimate of drug-likeness (QED) is 0.834. The molecule has 0 aliphatic carbocycles. The Morgan fingerprint density at radius 1 is 1.16 bits per heavy atom. The minimum Gasteiger partial charge on any atom is -0.388 e. The number of hydrogen-bond donors (Lipinski definition) is 2. The maximum Gasteiger partial charge on any atom is 0.0991 e. The molecule has 3 rings (SSSR count). The summed E-state index contributed by atoms with van der Waals surface area (Å²) >= 11 is 5.96. The third-order valence-electron chi connectivity index (χ3n) is 4.65. The Bertz CT molecular complexity index is 775. The van der Waals surface area contributed by atoms with Gasteiger partial charge >= 0.3 is 0 Å². The summed E-state index contributed by atoms with van der Waals surface area (Å²) in [6, 6.07) is 17.6. The molecule has 0 saturated heterocycles. The predicted molar refractivity (Wildman–Crippen MR) is 101 cm³/mol. The van der Waals surface area contributed by atoms with Crippen molar-refractivity contribution < 1.29 is 5.11 Å². The van der Waals surface area contributed by atoms with Crippen molar-refractivity contribution in [3.63, 3.8) is 0 Å². The topological polar surface area (TPSA) is 56.0 Å². The lowest BCUT2D eigenvalue weighted by Crippen LogP contribution is -2.33. The van der Waals surface area contributed by atoms with Gasteiger partial charge in [-0.25, -0.2) is 0 Å². The molecule has 2 N–H and O–H groups in total. The van der Waals surface area contributed by atoms with Gasteiger partial charge in [-0.1, -0.05) is 41.9 Å². The van der Waals surface area contributed by atoms with Crippen molar-refractivity contribution in [3.8, 4) is 6.07 Å². The first-order valence-electron chi connectivity index (χ1n) is 8.52. The smallest absolute Gasteiger partial charge is 0.0991 e. The largest absolute Gasteiger partial charge is 0.388 e. The third-order valence-corrected chi connectivity index (χ3v) is 4.90. The summed E-state index contributed by atoms with van der Waals surface area (Å²) < 4.78 is 0. The maximum atomic E-state index is 10.4. The van der Waals surface area contributed by atoms with Crippen molar-refractivity contribution in [3.05, 3.63) is 76.3 Å². The number of nitrogens with one attached hydrogen (secondary N) is 1. The summed E-state index contributed by atoms with van der Waals surface area (Å²) in [5.41, 5.74) is 4.02. The minimum atomic E-state index is -0.501. The van der Waals surface area contributed by atoms with Crippen LogP contribution in [-0.2, 0) is 0 Å². The fourth-order valence-corrected chi connectivity index (χ4v) is 3.31. The number of hydrogen-bond acceptors (Lipinski definition) is 3. The fourth-order valence-electron chi connectivity index (χ4n) is 3.18. The van der Waals surface area contributed by atoms with Gasteiger partial charge in [-0.05, 0) is 60.2 Å². The molecular formula is C21H21ClN2O. The molecule has 1 aliphatic heterocycles. The lowest BCUT2D eigenvalue weighted by atomic mass is 9.91. The van der Waals surface area contributed by atoms with E-state index < -0.39 is 6.10 Å². The number of aliphatic hydroxyl groups is 1. The molecule has 2 atom stereocenters. The standard InChI is InChI=1S/C21H21ClN2O/c22-19-7-5-16(6-8-19)18-11-12-24-20(13-18)9-10-21(25)17-3-1-15(14-23)2-4-17/h1-8,11,20-21,24-25H,9-10,12-13H2. The molecule has 1 aliphatic rings. The molecule has 0 bridgehead atoms. The summed E-state index contributed by atoms with van der Waals surface area (Å²) in [6.45, 7) is 0.843. The summed E-state index contributed by atoms with van der Waals surface area (Å²) in [7, 11) is 0. The Morgan fingerprint density at radius 2 is 1.88 bits per heavy atom. The van der Waals surface area contributed by atoms with Crippen LogP contribution in [0.3, 0.4) is 0 Å². The van der Waals surface area contributed by atoms with Crippen molar-refractivity contribution in [2.24, 2.45) is 0 Å². The van der Waals surface area contributed by atoms with Gasteiger partial charge in [0, 0.05) is 17.6 Å². The van der Waals surface area contributed by atoms with Gasteiger partial charge in [-0.3, -0.25) is 0 Å². The summed E-state index contributed by atoms with van der Waals surface area (Å²) in [4.78, 5) is 0. The Hall–Kier alpha value is -2.12. The van der Waals surface area contributed by atoms with Crippen LogP contribution in [0, 0.1) is 11.3 Å². The zero-order valence-corrected chi connectivity index (χ0v) is 14.7. The first-order valence-corrected chi connectivity index (χ1v) is 8.90. The van der Waals surface area contributed by atoms with Crippen molar-refractivity contribution in [2.45, 2.75) is 31.4 Å². The van der Waals surface area contributed by atoms with Crippen molar-refractivity contribution in [2.75, 3.05) is 6.54 Å². The molecule has 0 amide bonds. The molecule has 4 heteroatoms. The van der Waals surface area contributed by atoms with Crippen LogP contribution in [-0.4, -0.2) is 17.7 Å². The zero-order valence-electron chi connectivity index (χ0n) is 14.0. The second-order valence-electron chi connectivity index (χ2n) is 6.37. The first-order chi connectivity index (χ1) is 12.2. The maximum absolute atomic E-state index is 10.4. The highest BCUT2D eigenvalue weighted by molar-refractivity contribution is 6.30. The Balaban J connectivity index is 1.55. The van der Waals surface area contributed by atoms with Crippen LogP contribution in [0.1, 0.15) is 42.1 Å². The molecule has 2 aromatic rings. The molecule has 2 unspecified atom stereocenters.